The van der Waals surface area contributed by atoms with Gasteiger partial charge in [-0.05, 0) is 34.6 Å². The van der Waals surface area contributed by atoms with E-state index in [2.05, 4.69) is 10.1 Å². The molecule has 2 heterocycles. The van der Waals surface area contributed by atoms with Crippen LogP contribution in [-0.2, 0) is 4.74 Å². The number of amides is 1. The highest BCUT2D eigenvalue weighted by atomic mass is 19.1. The van der Waals surface area contributed by atoms with Crippen molar-refractivity contribution in [2.45, 2.75) is 40.2 Å². The van der Waals surface area contributed by atoms with Crippen molar-refractivity contribution >= 4 is 11.8 Å². The van der Waals surface area contributed by atoms with Gasteiger partial charge in [0.2, 0.25) is 0 Å². The average molecular weight is 320 g/mol. The highest BCUT2D eigenvalue weighted by molar-refractivity contribution is 5.88. The molecule has 0 saturated heterocycles. The van der Waals surface area contributed by atoms with Gasteiger partial charge in [0.15, 0.2) is 0 Å². The SMILES string of the molecule is CCN(C(=O)OC(C)(C)C)c1cn(-c2cncc(F)c2)nc1C. The summed E-state index contributed by atoms with van der Waals surface area (Å²) >= 11 is 0. The molecule has 0 aromatic carbocycles. The van der Waals surface area contributed by atoms with E-state index in [0.29, 0.717) is 23.6 Å². The Labute approximate surface area is 134 Å². The molecular weight excluding hydrogens is 299 g/mol. The van der Waals surface area contributed by atoms with Crippen molar-refractivity contribution < 1.29 is 13.9 Å². The normalized spacial score (nSPS) is 11.4. The lowest BCUT2D eigenvalue weighted by Crippen LogP contribution is -2.36. The van der Waals surface area contributed by atoms with E-state index in [1.807, 2.05) is 27.7 Å². The molecule has 2 aromatic rings. The molecule has 0 atom stereocenters. The van der Waals surface area contributed by atoms with Gasteiger partial charge in [0.1, 0.15) is 11.4 Å². The summed E-state index contributed by atoms with van der Waals surface area (Å²) in [7, 11) is 0. The lowest BCUT2D eigenvalue weighted by molar-refractivity contribution is 0.0582. The van der Waals surface area contributed by atoms with Crippen molar-refractivity contribution in [1.82, 2.24) is 14.8 Å². The molecule has 1 amide bonds. The third kappa shape index (κ3) is 4.06. The fourth-order valence-electron chi connectivity index (χ4n) is 2.09. The Balaban J connectivity index is 2.34. The number of carbonyl (C=O) groups excluding carboxylic acids is 1. The first-order valence-corrected chi connectivity index (χ1v) is 7.39. The van der Waals surface area contributed by atoms with E-state index in [1.54, 1.807) is 13.1 Å². The molecule has 0 aliphatic heterocycles. The molecule has 0 N–H and O–H groups in total. The van der Waals surface area contributed by atoms with Crippen LogP contribution in [0.2, 0.25) is 0 Å². The number of aromatic nitrogens is 3. The molecule has 0 saturated carbocycles. The highest BCUT2D eigenvalue weighted by Gasteiger charge is 2.25. The summed E-state index contributed by atoms with van der Waals surface area (Å²) in [5.41, 5.74) is 1.16. The Hall–Kier alpha value is -2.44. The van der Waals surface area contributed by atoms with Gasteiger partial charge in [0, 0.05) is 12.6 Å². The van der Waals surface area contributed by atoms with Gasteiger partial charge >= 0.3 is 6.09 Å². The van der Waals surface area contributed by atoms with Crippen LogP contribution in [0.15, 0.2) is 24.7 Å². The number of carbonyl (C=O) groups is 1. The van der Waals surface area contributed by atoms with Crippen molar-refractivity contribution in [3.05, 3.63) is 36.2 Å². The molecule has 0 spiro atoms. The number of halogens is 1. The van der Waals surface area contributed by atoms with Gasteiger partial charge in [-0.1, -0.05) is 0 Å². The van der Waals surface area contributed by atoms with E-state index in [-0.39, 0.29) is 0 Å². The summed E-state index contributed by atoms with van der Waals surface area (Å²) in [4.78, 5) is 17.6. The Morgan fingerprint density at radius 2 is 2.09 bits per heavy atom. The molecule has 0 fully saturated rings. The second-order valence-electron chi connectivity index (χ2n) is 6.13. The van der Waals surface area contributed by atoms with Gasteiger partial charge in [-0.2, -0.15) is 5.10 Å². The fourth-order valence-corrected chi connectivity index (χ4v) is 2.09. The van der Waals surface area contributed by atoms with Crippen molar-refractivity contribution in [3.8, 4) is 5.69 Å². The molecule has 0 radical (unpaired) electrons. The van der Waals surface area contributed by atoms with Crippen LogP contribution in [0.4, 0.5) is 14.9 Å². The van der Waals surface area contributed by atoms with Gasteiger partial charge in [0.05, 0.1) is 35.7 Å². The molecule has 0 aliphatic carbocycles. The minimum atomic E-state index is -0.582. The van der Waals surface area contributed by atoms with Crippen LogP contribution in [0.1, 0.15) is 33.4 Å². The van der Waals surface area contributed by atoms with Crippen molar-refractivity contribution in [3.63, 3.8) is 0 Å². The number of aryl methyl sites for hydroxylation is 1. The minimum absolute atomic E-state index is 0.433. The van der Waals surface area contributed by atoms with Crippen molar-refractivity contribution in [2.24, 2.45) is 0 Å². The first-order valence-electron chi connectivity index (χ1n) is 7.39. The van der Waals surface area contributed by atoms with Crippen LogP contribution in [-0.4, -0.2) is 33.0 Å². The third-order valence-corrected chi connectivity index (χ3v) is 3.05. The highest BCUT2D eigenvalue weighted by Crippen LogP contribution is 2.23. The molecule has 124 valence electrons. The fraction of sp³-hybridized carbons (Fsp3) is 0.438. The zero-order valence-corrected chi connectivity index (χ0v) is 14.0. The van der Waals surface area contributed by atoms with E-state index in [0.717, 1.165) is 6.20 Å². The Bertz CT molecular complexity index is 706. The van der Waals surface area contributed by atoms with Crippen LogP contribution < -0.4 is 4.90 Å². The summed E-state index contributed by atoms with van der Waals surface area (Å²) < 4.78 is 20.2. The quantitative estimate of drug-likeness (QED) is 0.869. The van der Waals surface area contributed by atoms with Crippen LogP contribution >= 0.6 is 0 Å². The van der Waals surface area contributed by atoms with Gasteiger partial charge in [0.25, 0.3) is 0 Å². The predicted molar refractivity (Wildman–Crippen MR) is 85.3 cm³/mol. The number of rotatable bonds is 3. The summed E-state index contributed by atoms with van der Waals surface area (Å²) in [6, 6.07) is 1.33. The third-order valence-electron chi connectivity index (χ3n) is 3.05. The second-order valence-corrected chi connectivity index (χ2v) is 6.13. The van der Waals surface area contributed by atoms with E-state index < -0.39 is 17.5 Å². The van der Waals surface area contributed by atoms with Crippen molar-refractivity contribution in [2.75, 3.05) is 11.4 Å². The lowest BCUT2D eigenvalue weighted by atomic mass is 10.2. The number of nitrogens with zero attached hydrogens (tertiary/aromatic N) is 4. The van der Waals surface area contributed by atoms with E-state index in [9.17, 15) is 9.18 Å². The number of anilines is 1. The molecule has 6 nitrogen and oxygen atoms in total. The number of ether oxygens (including phenoxy) is 1. The minimum Gasteiger partial charge on any atom is -0.443 e. The van der Waals surface area contributed by atoms with Gasteiger partial charge in [-0.15, -0.1) is 0 Å². The standard InChI is InChI=1S/C16H21FN4O2/c1-6-20(15(22)23-16(3,4)5)14-10-21(19-11(14)2)13-7-12(17)8-18-9-13/h7-10H,6H2,1-5H3. The van der Waals surface area contributed by atoms with Gasteiger partial charge in [-0.25, -0.2) is 13.9 Å². The lowest BCUT2D eigenvalue weighted by Gasteiger charge is -2.26. The zero-order valence-electron chi connectivity index (χ0n) is 14.0. The maximum absolute atomic E-state index is 13.3. The summed E-state index contributed by atoms with van der Waals surface area (Å²) in [5, 5.41) is 4.33. The first kappa shape index (κ1) is 16.9. The molecule has 2 aromatic heterocycles. The van der Waals surface area contributed by atoms with Crippen LogP contribution in [0.5, 0.6) is 0 Å². The monoisotopic (exact) mass is 320 g/mol. The predicted octanol–water partition coefficient (Wildman–Crippen LogP) is 3.48. The van der Waals surface area contributed by atoms with Crippen LogP contribution in [0.25, 0.3) is 5.69 Å². The Kier molecular flexibility index (Phi) is 4.68. The summed E-state index contributed by atoms with van der Waals surface area (Å²) in [5.74, 6) is -0.448. The molecule has 23 heavy (non-hydrogen) atoms. The molecule has 0 aliphatic rings. The second kappa shape index (κ2) is 6.36. The molecule has 0 bridgehead atoms. The molecular formula is C16H21FN4O2. The van der Waals surface area contributed by atoms with Crippen LogP contribution in [0, 0.1) is 12.7 Å². The topological polar surface area (TPSA) is 60.2 Å². The van der Waals surface area contributed by atoms with E-state index in [1.165, 1.54) is 21.8 Å². The Morgan fingerprint density at radius 1 is 1.39 bits per heavy atom. The Morgan fingerprint density at radius 3 is 2.65 bits per heavy atom. The summed E-state index contributed by atoms with van der Waals surface area (Å²) in [6.07, 6.45) is 3.85. The number of hydrogen-bond donors (Lipinski definition) is 0. The van der Waals surface area contributed by atoms with E-state index >= 15 is 0 Å². The maximum atomic E-state index is 13.3. The first-order chi connectivity index (χ1) is 10.7. The molecule has 2 rings (SSSR count). The largest absolute Gasteiger partial charge is 0.443 e. The summed E-state index contributed by atoms with van der Waals surface area (Å²) in [6.45, 7) is 9.51. The molecule has 7 heteroatoms. The average Bonchev–Trinajstić information content (AvgIpc) is 2.80. The maximum Gasteiger partial charge on any atom is 0.414 e. The van der Waals surface area contributed by atoms with Gasteiger partial charge < -0.3 is 4.74 Å². The zero-order chi connectivity index (χ0) is 17.2. The van der Waals surface area contributed by atoms with Crippen LogP contribution in [0.3, 0.4) is 0 Å². The van der Waals surface area contributed by atoms with Gasteiger partial charge in [-0.3, -0.25) is 9.88 Å². The number of hydrogen-bond acceptors (Lipinski definition) is 4. The molecule has 0 unspecified atom stereocenters. The van der Waals surface area contributed by atoms with E-state index in [4.69, 9.17) is 4.74 Å². The smallest absolute Gasteiger partial charge is 0.414 e. The van der Waals surface area contributed by atoms with Crippen molar-refractivity contribution in [1.29, 1.82) is 0 Å². The number of pyridine rings is 1.